The second kappa shape index (κ2) is 9.32. The molecule has 0 spiro atoms. The Morgan fingerprint density at radius 2 is 1.84 bits per heavy atom. The number of rotatable bonds is 7. The van der Waals surface area contributed by atoms with Crippen molar-refractivity contribution in [3.05, 3.63) is 35.4 Å². The summed E-state index contributed by atoms with van der Waals surface area (Å²) in [6.45, 7) is 10.2. The number of amides is 1. The number of nitrogens with one attached hydrogen (secondary N) is 1. The molecule has 5 heteroatoms. The average Bonchev–Trinajstić information content (AvgIpc) is 3.09. The highest BCUT2D eigenvalue weighted by molar-refractivity contribution is 5.94. The molecule has 2 heterocycles. The van der Waals surface area contributed by atoms with Crippen molar-refractivity contribution in [2.24, 2.45) is 0 Å². The zero-order valence-corrected chi connectivity index (χ0v) is 15.4. The SMILES string of the molecule is CCCc1ccc(C(=O)N[C@H]2CCN(CCN3CCOCC3)C2)cc1. The molecule has 1 amide bonds. The summed E-state index contributed by atoms with van der Waals surface area (Å²) < 4.78 is 5.39. The Hall–Kier alpha value is -1.43. The second-order valence-corrected chi connectivity index (χ2v) is 7.16. The molecule has 1 aromatic carbocycles. The molecular formula is C20H31N3O2. The molecule has 0 aliphatic carbocycles. The minimum atomic E-state index is 0.0584. The van der Waals surface area contributed by atoms with Crippen LogP contribution in [0.4, 0.5) is 0 Å². The first-order valence-electron chi connectivity index (χ1n) is 9.67. The number of nitrogens with zero attached hydrogens (tertiary/aromatic N) is 2. The fourth-order valence-electron chi connectivity index (χ4n) is 3.64. The van der Waals surface area contributed by atoms with E-state index in [9.17, 15) is 4.79 Å². The summed E-state index contributed by atoms with van der Waals surface area (Å²) in [6.07, 6.45) is 3.25. The molecule has 1 N–H and O–H groups in total. The molecule has 0 saturated carbocycles. The van der Waals surface area contributed by atoms with Gasteiger partial charge >= 0.3 is 0 Å². The maximum absolute atomic E-state index is 12.4. The normalized spacial score (nSPS) is 22.2. The molecule has 3 rings (SSSR count). The van der Waals surface area contributed by atoms with Crippen LogP contribution in [-0.2, 0) is 11.2 Å². The van der Waals surface area contributed by atoms with Crippen molar-refractivity contribution >= 4 is 5.91 Å². The third-order valence-corrected chi connectivity index (χ3v) is 5.20. The Bertz CT molecular complexity index is 540. The number of carbonyl (C=O) groups is 1. The van der Waals surface area contributed by atoms with Gasteiger partial charge in [-0.2, -0.15) is 0 Å². The standard InChI is InChI=1S/C20H31N3O2/c1-2-3-17-4-6-18(7-5-17)20(24)21-19-8-9-23(16-19)11-10-22-12-14-25-15-13-22/h4-7,19H,2-3,8-16H2,1H3,(H,21,24)/t19-/m0/s1. The number of aryl methyl sites for hydroxylation is 1. The summed E-state index contributed by atoms with van der Waals surface area (Å²) in [5, 5.41) is 3.20. The van der Waals surface area contributed by atoms with Crippen LogP contribution in [0.3, 0.4) is 0 Å². The van der Waals surface area contributed by atoms with Crippen LogP contribution in [-0.4, -0.2) is 74.2 Å². The maximum atomic E-state index is 12.4. The van der Waals surface area contributed by atoms with Crippen molar-refractivity contribution in [1.29, 1.82) is 0 Å². The largest absolute Gasteiger partial charge is 0.379 e. The Morgan fingerprint density at radius 3 is 2.56 bits per heavy atom. The Kier molecular flexibility index (Phi) is 6.84. The van der Waals surface area contributed by atoms with Gasteiger partial charge in [0, 0.05) is 50.9 Å². The number of likely N-dealkylation sites (tertiary alicyclic amines) is 1. The lowest BCUT2D eigenvalue weighted by Crippen LogP contribution is -2.42. The molecule has 1 aromatic rings. The number of carbonyl (C=O) groups excluding carboxylic acids is 1. The quantitative estimate of drug-likeness (QED) is 0.818. The number of morpholine rings is 1. The fourth-order valence-corrected chi connectivity index (χ4v) is 3.64. The molecule has 0 aromatic heterocycles. The van der Waals surface area contributed by atoms with Crippen LogP contribution >= 0.6 is 0 Å². The van der Waals surface area contributed by atoms with E-state index in [2.05, 4.69) is 34.2 Å². The van der Waals surface area contributed by atoms with Crippen molar-refractivity contribution < 1.29 is 9.53 Å². The van der Waals surface area contributed by atoms with Crippen molar-refractivity contribution in [3.8, 4) is 0 Å². The molecule has 138 valence electrons. The third-order valence-electron chi connectivity index (χ3n) is 5.20. The van der Waals surface area contributed by atoms with Gasteiger partial charge in [0.2, 0.25) is 0 Å². The molecule has 0 bridgehead atoms. The van der Waals surface area contributed by atoms with Crippen molar-refractivity contribution in [3.63, 3.8) is 0 Å². The second-order valence-electron chi connectivity index (χ2n) is 7.16. The zero-order valence-electron chi connectivity index (χ0n) is 15.4. The zero-order chi connectivity index (χ0) is 17.5. The van der Waals surface area contributed by atoms with Gasteiger partial charge in [-0.3, -0.25) is 14.6 Å². The van der Waals surface area contributed by atoms with E-state index in [1.165, 1.54) is 5.56 Å². The van der Waals surface area contributed by atoms with Gasteiger partial charge in [-0.25, -0.2) is 0 Å². The lowest BCUT2D eigenvalue weighted by atomic mass is 10.1. The van der Waals surface area contributed by atoms with Crippen LogP contribution in [0.25, 0.3) is 0 Å². The summed E-state index contributed by atoms with van der Waals surface area (Å²) in [4.78, 5) is 17.4. The van der Waals surface area contributed by atoms with Crippen molar-refractivity contribution in [2.45, 2.75) is 32.2 Å². The highest BCUT2D eigenvalue weighted by Crippen LogP contribution is 2.12. The molecule has 1 atom stereocenters. The summed E-state index contributed by atoms with van der Waals surface area (Å²) in [5.74, 6) is 0.0584. The van der Waals surface area contributed by atoms with Crippen LogP contribution in [0.15, 0.2) is 24.3 Å². The lowest BCUT2D eigenvalue weighted by molar-refractivity contribution is 0.0343. The highest BCUT2D eigenvalue weighted by Gasteiger charge is 2.24. The molecule has 5 nitrogen and oxygen atoms in total. The van der Waals surface area contributed by atoms with Crippen LogP contribution in [0.1, 0.15) is 35.7 Å². The molecular weight excluding hydrogens is 314 g/mol. The summed E-state index contributed by atoms with van der Waals surface area (Å²) in [6, 6.07) is 8.31. The predicted molar refractivity (Wildman–Crippen MR) is 100 cm³/mol. The Balaban J connectivity index is 1.40. The molecule has 25 heavy (non-hydrogen) atoms. The van der Waals surface area contributed by atoms with Gasteiger partial charge in [0.25, 0.3) is 5.91 Å². The van der Waals surface area contributed by atoms with Crippen LogP contribution in [0.5, 0.6) is 0 Å². The molecule has 2 aliphatic heterocycles. The van der Waals surface area contributed by atoms with E-state index in [1.54, 1.807) is 0 Å². The van der Waals surface area contributed by atoms with Crippen molar-refractivity contribution in [2.75, 3.05) is 52.5 Å². The van der Waals surface area contributed by atoms with E-state index >= 15 is 0 Å². The number of hydrogen-bond donors (Lipinski definition) is 1. The van der Waals surface area contributed by atoms with E-state index in [0.29, 0.717) is 0 Å². The molecule has 0 radical (unpaired) electrons. The van der Waals surface area contributed by atoms with E-state index in [0.717, 1.165) is 77.3 Å². The minimum Gasteiger partial charge on any atom is -0.379 e. The molecule has 0 unspecified atom stereocenters. The van der Waals surface area contributed by atoms with Gasteiger partial charge < -0.3 is 10.1 Å². The molecule has 2 saturated heterocycles. The number of ether oxygens (including phenoxy) is 1. The van der Waals surface area contributed by atoms with Crippen LogP contribution in [0, 0.1) is 0 Å². The maximum Gasteiger partial charge on any atom is 0.251 e. The van der Waals surface area contributed by atoms with E-state index in [1.807, 2.05) is 12.1 Å². The van der Waals surface area contributed by atoms with Gasteiger partial charge in [-0.15, -0.1) is 0 Å². The van der Waals surface area contributed by atoms with Gasteiger partial charge in [0.05, 0.1) is 13.2 Å². The highest BCUT2D eigenvalue weighted by atomic mass is 16.5. The third kappa shape index (κ3) is 5.53. The fraction of sp³-hybridized carbons (Fsp3) is 0.650. The van der Waals surface area contributed by atoms with Gasteiger partial charge in [0.1, 0.15) is 0 Å². The smallest absolute Gasteiger partial charge is 0.251 e. The summed E-state index contributed by atoms with van der Waals surface area (Å²) in [5.41, 5.74) is 2.07. The van der Waals surface area contributed by atoms with Crippen molar-refractivity contribution in [1.82, 2.24) is 15.1 Å². The average molecular weight is 345 g/mol. The number of benzene rings is 1. The van der Waals surface area contributed by atoms with Gasteiger partial charge in [0.15, 0.2) is 0 Å². The molecule has 2 aliphatic rings. The van der Waals surface area contributed by atoms with Crippen LogP contribution in [0.2, 0.25) is 0 Å². The van der Waals surface area contributed by atoms with Gasteiger partial charge in [-0.05, 0) is 30.5 Å². The van der Waals surface area contributed by atoms with E-state index in [-0.39, 0.29) is 11.9 Å². The summed E-state index contributed by atoms with van der Waals surface area (Å²) in [7, 11) is 0. The van der Waals surface area contributed by atoms with Crippen LogP contribution < -0.4 is 5.32 Å². The first-order valence-corrected chi connectivity index (χ1v) is 9.67. The first-order chi connectivity index (χ1) is 12.2. The van der Waals surface area contributed by atoms with Gasteiger partial charge in [-0.1, -0.05) is 25.5 Å². The Labute approximate surface area is 151 Å². The lowest BCUT2D eigenvalue weighted by Gasteiger charge is -2.28. The predicted octanol–water partition coefficient (Wildman–Crippen LogP) is 1.78. The first kappa shape index (κ1) is 18.4. The minimum absolute atomic E-state index is 0.0584. The number of hydrogen-bond acceptors (Lipinski definition) is 4. The summed E-state index contributed by atoms with van der Waals surface area (Å²) >= 11 is 0. The Morgan fingerprint density at radius 1 is 1.12 bits per heavy atom. The van der Waals surface area contributed by atoms with E-state index in [4.69, 9.17) is 4.74 Å². The molecule has 2 fully saturated rings. The monoisotopic (exact) mass is 345 g/mol. The van der Waals surface area contributed by atoms with E-state index < -0.39 is 0 Å². The topological polar surface area (TPSA) is 44.8 Å².